The average Bonchev–Trinajstić information content (AvgIpc) is 2.99. The van der Waals surface area contributed by atoms with Crippen molar-refractivity contribution in [2.24, 2.45) is 0 Å². The van der Waals surface area contributed by atoms with Gasteiger partial charge in [0.1, 0.15) is 0 Å². The number of sulfone groups is 1. The fourth-order valence-corrected chi connectivity index (χ4v) is 4.01. The molecule has 1 N–H and O–H groups in total. The molecule has 0 saturated heterocycles. The van der Waals surface area contributed by atoms with Crippen LogP contribution in [0.3, 0.4) is 0 Å². The van der Waals surface area contributed by atoms with Crippen molar-refractivity contribution in [1.29, 1.82) is 0 Å². The third-order valence-electron chi connectivity index (χ3n) is 4.59. The molecule has 1 heterocycles. The van der Waals surface area contributed by atoms with E-state index in [1.807, 2.05) is 54.8 Å². The maximum atomic E-state index is 13.0. The Bertz CT molecular complexity index is 1150. The minimum absolute atomic E-state index is 0.430. The second-order valence-electron chi connectivity index (χ2n) is 6.29. The molecular formula is C20H21F3N3O2S+. The van der Waals surface area contributed by atoms with Gasteiger partial charge in [0, 0.05) is 24.0 Å². The van der Waals surface area contributed by atoms with Crippen LogP contribution in [-0.2, 0) is 22.9 Å². The number of rotatable bonds is 6. The summed E-state index contributed by atoms with van der Waals surface area (Å²) >= 11 is 0. The van der Waals surface area contributed by atoms with Gasteiger partial charge in [0.2, 0.25) is 0 Å². The van der Waals surface area contributed by atoms with Gasteiger partial charge in [-0.2, -0.15) is 13.2 Å². The zero-order chi connectivity index (χ0) is 21.2. The number of nitrogens with one attached hydrogen (secondary N) is 1. The summed E-state index contributed by atoms with van der Waals surface area (Å²) in [5.41, 5.74) is -3.36. The number of aryl methyl sites for hydroxylation is 2. The first-order valence-corrected chi connectivity index (χ1v) is 10.5. The highest BCUT2D eigenvalue weighted by molar-refractivity contribution is 7.92. The lowest BCUT2D eigenvalue weighted by Crippen LogP contribution is -2.35. The summed E-state index contributed by atoms with van der Waals surface area (Å²) in [6, 6.07) is 13.0. The summed E-state index contributed by atoms with van der Waals surface area (Å²) in [6.45, 7) is 4.80. The molecule has 0 aliphatic rings. The lowest BCUT2D eigenvalue weighted by atomic mass is 10.3. The summed E-state index contributed by atoms with van der Waals surface area (Å²) in [5.74, 6) is 0.745. The van der Waals surface area contributed by atoms with Crippen molar-refractivity contribution in [3.8, 4) is 0 Å². The summed E-state index contributed by atoms with van der Waals surface area (Å²) in [5, 5.41) is 3.14. The van der Waals surface area contributed by atoms with Crippen LogP contribution in [0.25, 0.3) is 17.1 Å². The Balaban J connectivity index is 2.11. The number of hydrogen-bond acceptors (Lipinski definition) is 3. The minimum Gasteiger partial charge on any atom is -0.361 e. The molecule has 0 fully saturated rings. The number of anilines is 1. The van der Waals surface area contributed by atoms with E-state index in [-0.39, 0.29) is 0 Å². The molecule has 2 aromatic carbocycles. The van der Waals surface area contributed by atoms with Gasteiger partial charge in [-0.05, 0) is 38.1 Å². The molecule has 154 valence electrons. The zero-order valence-electron chi connectivity index (χ0n) is 15.9. The first-order chi connectivity index (χ1) is 13.7. The van der Waals surface area contributed by atoms with E-state index in [0.29, 0.717) is 24.1 Å². The van der Waals surface area contributed by atoms with E-state index in [9.17, 15) is 21.6 Å². The Morgan fingerprint density at radius 1 is 1.10 bits per heavy atom. The van der Waals surface area contributed by atoms with Crippen LogP contribution in [0.2, 0.25) is 0 Å². The van der Waals surface area contributed by atoms with Gasteiger partial charge < -0.3 is 5.32 Å². The van der Waals surface area contributed by atoms with Gasteiger partial charge in [-0.25, -0.2) is 17.6 Å². The van der Waals surface area contributed by atoms with Gasteiger partial charge in [0.15, 0.2) is 11.0 Å². The van der Waals surface area contributed by atoms with Gasteiger partial charge in [-0.3, -0.25) is 0 Å². The molecule has 1 aromatic heterocycles. The lowest BCUT2D eigenvalue weighted by molar-refractivity contribution is -0.670. The summed E-state index contributed by atoms with van der Waals surface area (Å²) < 4.78 is 66.2. The van der Waals surface area contributed by atoms with Crippen LogP contribution in [0.5, 0.6) is 0 Å². The van der Waals surface area contributed by atoms with E-state index < -0.39 is 20.2 Å². The molecule has 29 heavy (non-hydrogen) atoms. The van der Waals surface area contributed by atoms with Crippen molar-refractivity contribution >= 4 is 32.6 Å². The van der Waals surface area contributed by atoms with Crippen LogP contribution in [0, 0.1) is 0 Å². The maximum Gasteiger partial charge on any atom is 0.501 e. The fraction of sp³-hybridized carbons (Fsp3) is 0.250. The molecular weight excluding hydrogens is 403 g/mol. The number of aromatic nitrogens is 2. The van der Waals surface area contributed by atoms with Crippen LogP contribution >= 0.6 is 0 Å². The number of hydrogen-bond donors (Lipinski definition) is 1. The SMILES string of the molecule is CCn1c(C=CNc2ccccc2)[n+](CC)c2ccc(S(=O)(=O)C(F)(F)F)cc21. The molecule has 0 spiro atoms. The molecule has 3 rings (SSSR count). The standard InChI is InChI=1S/C20H20F3N3O2S/c1-3-25-17-11-10-16(29(27,28)20(21,22)23)14-18(17)26(4-2)19(25)12-13-24-15-8-6-5-7-9-15/h5-14H,3-4H2,1-2H3/p+1. The smallest absolute Gasteiger partial charge is 0.361 e. The normalized spacial score (nSPS) is 12.7. The first-order valence-electron chi connectivity index (χ1n) is 9.06. The number of benzene rings is 2. The number of halogens is 3. The second kappa shape index (κ2) is 7.90. The Kier molecular flexibility index (Phi) is 5.70. The molecule has 0 atom stereocenters. The average molecular weight is 424 g/mol. The van der Waals surface area contributed by atoms with Crippen LogP contribution in [0.15, 0.2) is 59.6 Å². The van der Waals surface area contributed by atoms with Gasteiger partial charge in [0.25, 0.3) is 15.7 Å². The van der Waals surface area contributed by atoms with Gasteiger partial charge >= 0.3 is 5.51 Å². The Morgan fingerprint density at radius 3 is 2.38 bits per heavy atom. The molecule has 0 aliphatic heterocycles. The number of fused-ring (bicyclic) bond motifs is 1. The molecule has 3 aromatic rings. The van der Waals surface area contributed by atoms with E-state index in [1.54, 1.807) is 10.8 Å². The highest BCUT2D eigenvalue weighted by Crippen LogP contribution is 2.32. The number of para-hydroxylation sites is 1. The predicted molar refractivity (Wildman–Crippen MR) is 106 cm³/mol. The molecule has 0 unspecified atom stereocenters. The van der Waals surface area contributed by atoms with Crippen LogP contribution in [-0.4, -0.2) is 18.5 Å². The highest BCUT2D eigenvalue weighted by atomic mass is 32.2. The topological polar surface area (TPSA) is 55.0 Å². The summed E-state index contributed by atoms with van der Waals surface area (Å²) in [7, 11) is -5.41. The molecule has 0 aliphatic carbocycles. The van der Waals surface area contributed by atoms with Crippen molar-refractivity contribution in [3.63, 3.8) is 0 Å². The van der Waals surface area contributed by atoms with Crippen LogP contribution < -0.4 is 9.88 Å². The third-order valence-corrected chi connectivity index (χ3v) is 6.07. The summed E-state index contributed by atoms with van der Waals surface area (Å²) in [6.07, 6.45) is 3.56. The first kappa shape index (κ1) is 20.9. The molecule has 0 amide bonds. The number of nitrogens with zero attached hydrogens (tertiary/aromatic N) is 2. The largest absolute Gasteiger partial charge is 0.501 e. The van der Waals surface area contributed by atoms with Gasteiger partial charge in [-0.15, -0.1) is 0 Å². The molecule has 0 bridgehead atoms. The van der Waals surface area contributed by atoms with Crippen LogP contribution in [0.1, 0.15) is 19.7 Å². The van der Waals surface area contributed by atoms with Crippen molar-refractivity contribution in [3.05, 3.63) is 60.6 Å². The number of alkyl halides is 3. The Hall–Kier alpha value is -2.81. The van der Waals surface area contributed by atoms with E-state index in [2.05, 4.69) is 5.32 Å². The van der Waals surface area contributed by atoms with E-state index in [1.165, 1.54) is 6.07 Å². The van der Waals surface area contributed by atoms with Crippen molar-refractivity contribution in [1.82, 2.24) is 4.57 Å². The Labute approximate surface area is 167 Å². The lowest BCUT2D eigenvalue weighted by Gasteiger charge is -2.07. The third kappa shape index (κ3) is 3.87. The minimum atomic E-state index is -5.41. The van der Waals surface area contributed by atoms with Gasteiger partial charge in [0.05, 0.1) is 18.0 Å². The number of imidazole rings is 1. The summed E-state index contributed by atoms with van der Waals surface area (Å²) in [4.78, 5) is -0.758. The predicted octanol–water partition coefficient (Wildman–Crippen LogP) is 4.34. The molecule has 9 heteroatoms. The van der Waals surface area contributed by atoms with Crippen LogP contribution in [0.4, 0.5) is 18.9 Å². The molecule has 0 saturated carbocycles. The van der Waals surface area contributed by atoms with Gasteiger partial charge in [-0.1, -0.05) is 18.2 Å². The molecule has 0 radical (unpaired) electrons. The quantitative estimate of drug-likeness (QED) is 0.599. The van der Waals surface area contributed by atoms with Crippen molar-refractivity contribution < 1.29 is 26.2 Å². The maximum absolute atomic E-state index is 13.0. The van der Waals surface area contributed by atoms with Crippen molar-refractivity contribution in [2.45, 2.75) is 37.3 Å². The fourth-order valence-electron chi connectivity index (χ4n) is 3.23. The van der Waals surface area contributed by atoms with E-state index in [0.717, 1.165) is 23.6 Å². The zero-order valence-corrected chi connectivity index (χ0v) is 16.8. The highest BCUT2D eigenvalue weighted by Gasteiger charge is 2.47. The monoisotopic (exact) mass is 424 g/mol. The van der Waals surface area contributed by atoms with E-state index in [4.69, 9.17) is 0 Å². The van der Waals surface area contributed by atoms with E-state index >= 15 is 0 Å². The van der Waals surface area contributed by atoms with Crippen molar-refractivity contribution in [2.75, 3.05) is 5.32 Å². The molecule has 5 nitrogen and oxygen atoms in total. The second-order valence-corrected chi connectivity index (χ2v) is 8.23. The Morgan fingerprint density at radius 2 is 1.79 bits per heavy atom.